The van der Waals surface area contributed by atoms with Gasteiger partial charge in [0.1, 0.15) is 5.75 Å². The van der Waals surface area contributed by atoms with Crippen molar-refractivity contribution in [3.63, 3.8) is 0 Å². The number of ether oxygens (including phenoxy) is 1. The van der Waals surface area contributed by atoms with Gasteiger partial charge in [-0.3, -0.25) is 10.1 Å². The quantitative estimate of drug-likeness (QED) is 0.647. The molecule has 0 bridgehead atoms. The first-order valence-electron chi connectivity index (χ1n) is 6.60. The van der Waals surface area contributed by atoms with Gasteiger partial charge in [0.2, 0.25) is 11.8 Å². The average Bonchev–Trinajstić information content (AvgIpc) is 2.48. The predicted octanol–water partition coefficient (Wildman–Crippen LogP) is 3.31. The van der Waals surface area contributed by atoms with Gasteiger partial charge in [-0.25, -0.2) is 4.98 Å². The average molecular weight is 288 g/mol. The molecule has 0 spiro atoms. The van der Waals surface area contributed by atoms with Crippen molar-refractivity contribution in [2.75, 3.05) is 11.9 Å². The molecule has 0 saturated carbocycles. The van der Waals surface area contributed by atoms with E-state index in [1.54, 1.807) is 18.3 Å². The molecule has 7 heteroatoms. The summed E-state index contributed by atoms with van der Waals surface area (Å²) in [5.74, 6) is 1.22. The molecule has 0 aliphatic heterocycles. The van der Waals surface area contributed by atoms with Gasteiger partial charge >= 0.3 is 0 Å². The fourth-order valence-electron chi connectivity index (χ4n) is 1.62. The van der Waals surface area contributed by atoms with E-state index in [4.69, 9.17) is 4.74 Å². The minimum atomic E-state index is -0.464. The van der Waals surface area contributed by atoms with Crippen LogP contribution < -0.4 is 10.1 Å². The summed E-state index contributed by atoms with van der Waals surface area (Å²) in [4.78, 5) is 18.7. The van der Waals surface area contributed by atoms with Crippen molar-refractivity contribution in [3.05, 3.63) is 46.1 Å². The van der Waals surface area contributed by atoms with Crippen LogP contribution in [0.15, 0.2) is 30.5 Å². The van der Waals surface area contributed by atoms with Crippen molar-refractivity contribution in [2.24, 2.45) is 0 Å². The molecule has 2 rings (SSSR count). The first kappa shape index (κ1) is 14.7. The number of nitrogens with zero attached hydrogens (tertiary/aromatic N) is 3. The van der Waals surface area contributed by atoms with Crippen LogP contribution in [-0.2, 0) is 0 Å². The molecule has 0 amide bonds. The van der Waals surface area contributed by atoms with Crippen LogP contribution in [0.25, 0.3) is 0 Å². The highest BCUT2D eigenvalue weighted by atomic mass is 16.6. The Morgan fingerprint density at radius 3 is 2.95 bits per heavy atom. The van der Waals surface area contributed by atoms with Crippen molar-refractivity contribution < 1.29 is 9.66 Å². The lowest BCUT2D eigenvalue weighted by Gasteiger charge is -2.09. The minimum Gasteiger partial charge on any atom is -0.438 e. The first-order valence-corrected chi connectivity index (χ1v) is 6.60. The second-order valence-electron chi connectivity index (χ2n) is 4.47. The van der Waals surface area contributed by atoms with Crippen LogP contribution in [0.2, 0.25) is 0 Å². The van der Waals surface area contributed by atoms with Gasteiger partial charge in [0.15, 0.2) is 0 Å². The van der Waals surface area contributed by atoms with Gasteiger partial charge in [-0.2, -0.15) is 4.98 Å². The number of aryl methyl sites for hydroxylation is 1. The zero-order valence-corrected chi connectivity index (χ0v) is 11.9. The standard InChI is InChI=1S/C14H16N4O3/c1-3-7-15-14-16-9-10(2)13(17-14)21-12-6-4-5-11(8-12)18(19)20/h4-6,8-9H,3,7H2,1-2H3,(H,15,16,17). The van der Waals surface area contributed by atoms with E-state index in [-0.39, 0.29) is 5.69 Å². The fraction of sp³-hybridized carbons (Fsp3) is 0.286. The van der Waals surface area contributed by atoms with E-state index in [0.29, 0.717) is 17.6 Å². The van der Waals surface area contributed by atoms with Gasteiger partial charge in [-0.15, -0.1) is 0 Å². The van der Waals surface area contributed by atoms with E-state index in [1.807, 2.05) is 13.8 Å². The molecule has 0 fully saturated rings. The topological polar surface area (TPSA) is 90.2 Å². The van der Waals surface area contributed by atoms with E-state index in [9.17, 15) is 10.1 Å². The number of aromatic nitrogens is 2. The summed E-state index contributed by atoms with van der Waals surface area (Å²) >= 11 is 0. The van der Waals surface area contributed by atoms with E-state index >= 15 is 0 Å². The molecule has 1 aromatic carbocycles. The van der Waals surface area contributed by atoms with Gasteiger partial charge in [0.05, 0.1) is 11.0 Å². The summed E-state index contributed by atoms with van der Waals surface area (Å²) in [6.07, 6.45) is 2.61. The molecule has 0 radical (unpaired) electrons. The predicted molar refractivity (Wildman–Crippen MR) is 78.7 cm³/mol. The maximum atomic E-state index is 10.8. The first-order chi connectivity index (χ1) is 10.1. The lowest BCUT2D eigenvalue weighted by Crippen LogP contribution is -2.05. The second-order valence-corrected chi connectivity index (χ2v) is 4.47. The summed E-state index contributed by atoms with van der Waals surface area (Å²) in [7, 11) is 0. The molecular weight excluding hydrogens is 272 g/mol. The third kappa shape index (κ3) is 3.88. The van der Waals surface area contributed by atoms with E-state index in [2.05, 4.69) is 15.3 Å². The van der Waals surface area contributed by atoms with E-state index in [0.717, 1.165) is 18.5 Å². The normalized spacial score (nSPS) is 10.2. The highest BCUT2D eigenvalue weighted by Crippen LogP contribution is 2.26. The molecule has 0 aliphatic carbocycles. The molecular formula is C14H16N4O3. The van der Waals surface area contributed by atoms with Crippen molar-refractivity contribution >= 4 is 11.6 Å². The van der Waals surface area contributed by atoms with Crippen molar-refractivity contribution in [1.82, 2.24) is 9.97 Å². The molecule has 0 unspecified atom stereocenters. The number of nitro benzene ring substituents is 1. The molecule has 1 heterocycles. The third-order valence-corrected chi connectivity index (χ3v) is 2.70. The lowest BCUT2D eigenvalue weighted by atomic mass is 10.3. The number of non-ortho nitro benzene ring substituents is 1. The third-order valence-electron chi connectivity index (χ3n) is 2.70. The number of nitrogens with one attached hydrogen (secondary N) is 1. The van der Waals surface area contributed by atoms with Crippen LogP contribution in [0.1, 0.15) is 18.9 Å². The SMILES string of the molecule is CCCNc1ncc(C)c(Oc2cccc([N+](=O)[O-])c2)n1. The second kappa shape index (κ2) is 6.65. The van der Waals surface area contributed by atoms with E-state index in [1.165, 1.54) is 12.1 Å². The van der Waals surface area contributed by atoms with Crippen LogP contribution in [0.4, 0.5) is 11.6 Å². The van der Waals surface area contributed by atoms with Gasteiger partial charge in [-0.05, 0) is 19.4 Å². The Bertz CT molecular complexity index is 646. The molecule has 1 aromatic heterocycles. The molecule has 2 aromatic rings. The van der Waals surface area contributed by atoms with Gasteiger partial charge in [0.25, 0.3) is 5.69 Å². The Morgan fingerprint density at radius 2 is 2.24 bits per heavy atom. The van der Waals surface area contributed by atoms with Crippen LogP contribution >= 0.6 is 0 Å². The van der Waals surface area contributed by atoms with Crippen LogP contribution in [0, 0.1) is 17.0 Å². The Morgan fingerprint density at radius 1 is 1.43 bits per heavy atom. The highest BCUT2D eigenvalue weighted by Gasteiger charge is 2.10. The number of hydrogen-bond donors (Lipinski definition) is 1. The monoisotopic (exact) mass is 288 g/mol. The minimum absolute atomic E-state index is 0.0245. The van der Waals surface area contributed by atoms with Crippen molar-refractivity contribution in [2.45, 2.75) is 20.3 Å². The summed E-state index contributed by atoms with van der Waals surface area (Å²) < 4.78 is 5.63. The molecule has 1 N–H and O–H groups in total. The summed E-state index contributed by atoms with van der Waals surface area (Å²) in [5.41, 5.74) is 0.729. The summed E-state index contributed by atoms with van der Waals surface area (Å²) in [6.45, 7) is 4.62. The maximum Gasteiger partial charge on any atom is 0.273 e. The Balaban J connectivity index is 2.22. The summed E-state index contributed by atoms with van der Waals surface area (Å²) in [6, 6.07) is 5.99. The smallest absolute Gasteiger partial charge is 0.273 e. The number of hydrogen-bond acceptors (Lipinski definition) is 6. The van der Waals surface area contributed by atoms with Crippen LogP contribution in [0.3, 0.4) is 0 Å². The van der Waals surface area contributed by atoms with Crippen LogP contribution in [-0.4, -0.2) is 21.4 Å². The van der Waals surface area contributed by atoms with Crippen molar-refractivity contribution in [1.29, 1.82) is 0 Å². The Hall–Kier alpha value is -2.70. The van der Waals surface area contributed by atoms with Gasteiger partial charge in [0, 0.05) is 24.4 Å². The number of rotatable bonds is 6. The lowest BCUT2D eigenvalue weighted by molar-refractivity contribution is -0.384. The Kier molecular flexibility index (Phi) is 4.65. The van der Waals surface area contributed by atoms with Gasteiger partial charge in [-0.1, -0.05) is 13.0 Å². The molecule has 7 nitrogen and oxygen atoms in total. The summed E-state index contributed by atoms with van der Waals surface area (Å²) in [5, 5.41) is 13.8. The van der Waals surface area contributed by atoms with E-state index < -0.39 is 4.92 Å². The Labute approximate surface area is 122 Å². The van der Waals surface area contributed by atoms with Crippen molar-refractivity contribution in [3.8, 4) is 11.6 Å². The molecule has 110 valence electrons. The molecule has 0 saturated heterocycles. The largest absolute Gasteiger partial charge is 0.438 e. The number of benzene rings is 1. The maximum absolute atomic E-state index is 10.8. The molecule has 21 heavy (non-hydrogen) atoms. The zero-order valence-electron chi connectivity index (χ0n) is 11.9. The zero-order chi connectivity index (χ0) is 15.2. The fourth-order valence-corrected chi connectivity index (χ4v) is 1.62. The van der Waals surface area contributed by atoms with Gasteiger partial charge < -0.3 is 10.1 Å². The number of anilines is 1. The highest BCUT2D eigenvalue weighted by molar-refractivity contribution is 5.41. The van der Waals surface area contributed by atoms with Crippen LogP contribution in [0.5, 0.6) is 11.6 Å². The molecule has 0 aliphatic rings. The molecule has 0 atom stereocenters. The number of nitro groups is 1.